The summed E-state index contributed by atoms with van der Waals surface area (Å²) >= 11 is 1.38. The molecule has 1 aromatic heterocycles. The standard InChI is InChI=1S/C26H35N3O6S2/c1-7-35-24(31)20-19-15-25(3,4)28-26(5,6)21(19)36-23(20)27-22(30)18-14-17(9-8-16(18)2)37(32,33)29-10-12-34-13-11-29/h8-9,14,28H,7,10-13,15H2,1-6H3,(H,27,30)/p+1. The highest BCUT2D eigenvalue weighted by Crippen LogP contribution is 2.42. The van der Waals surface area contributed by atoms with Gasteiger partial charge in [-0.2, -0.15) is 4.31 Å². The molecule has 1 amide bonds. The Labute approximate surface area is 222 Å². The summed E-state index contributed by atoms with van der Waals surface area (Å²) in [6.07, 6.45) is 0.651. The number of fused-ring (bicyclic) bond motifs is 1. The Bertz CT molecular complexity index is 1320. The van der Waals surface area contributed by atoms with Gasteiger partial charge in [-0.3, -0.25) is 4.79 Å². The molecule has 0 atom stereocenters. The van der Waals surface area contributed by atoms with Crippen LogP contribution in [0.25, 0.3) is 0 Å². The van der Waals surface area contributed by atoms with Crippen LogP contribution in [0.15, 0.2) is 23.1 Å². The van der Waals surface area contributed by atoms with Gasteiger partial charge in [0.15, 0.2) is 0 Å². The molecule has 1 saturated heterocycles. The number of thiophene rings is 1. The second-order valence-corrected chi connectivity index (χ2v) is 13.8. The Hall–Kier alpha value is -2.31. The molecule has 9 nitrogen and oxygen atoms in total. The molecule has 3 N–H and O–H groups in total. The molecule has 0 saturated carbocycles. The smallest absolute Gasteiger partial charge is 0.341 e. The van der Waals surface area contributed by atoms with Gasteiger partial charge in [-0.05, 0) is 64.8 Å². The van der Waals surface area contributed by atoms with Crippen LogP contribution in [-0.4, -0.2) is 63.0 Å². The number of anilines is 1. The van der Waals surface area contributed by atoms with Crippen LogP contribution in [-0.2, 0) is 31.5 Å². The van der Waals surface area contributed by atoms with Crippen molar-refractivity contribution in [2.75, 3.05) is 38.2 Å². The van der Waals surface area contributed by atoms with E-state index in [4.69, 9.17) is 9.47 Å². The molecule has 0 radical (unpaired) electrons. The van der Waals surface area contributed by atoms with Crippen molar-refractivity contribution in [2.24, 2.45) is 0 Å². The molecule has 37 heavy (non-hydrogen) atoms. The molecule has 1 fully saturated rings. The minimum atomic E-state index is -3.77. The van der Waals surface area contributed by atoms with Gasteiger partial charge < -0.3 is 20.1 Å². The number of aryl methyl sites for hydroxylation is 1. The van der Waals surface area contributed by atoms with Gasteiger partial charge >= 0.3 is 5.97 Å². The largest absolute Gasteiger partial charge is 0.462 e. The monoisotopic (exact) mass is 550 g/mol. The first-order valence-corrected chi connectivity index (χ1v) is 14.7. The zero-order chi connectivity index (χ0) is 27.2. The third kappa shape index (κ3) is 5.46. The van der Waals surface area contributed by atoms with Crippen LogP contribution in [0, 0.1) is 6.92 Å². The van der Waals surface area contributed by atoms with E-state index in [1.54, 1.807) is 19.9 Å². The van der Waals surface area contributed by atoms with E-state index in [0.29, 0.717) is 35.8 Å². The number of rotatable bonds is 6. The zero-order valence-electron chi connectivity index (χ0n) is 22.3. The fourth-order valence-electron chi connectivity index (χ4n) is 5.32. The molecular weight excluding hydrogens is 514 g/mol. The zero-order valence-corrected chi connectivity index (χ0v) is 23.9. The number of amides is 1. The van der Waals surface area contributed by atoms with E-state index in [2.05, 4.69) is 38.3 Å². The summed E-state index contributed by atoms with van der Waals surface area (Å²) < 4.78 is 38.4. The lowest BCUT2D eigenvalue weighted by atomic mass is 9.81. The van der Waals surface area contributed by atoms with Crippen molar-refractivity contribution in [1.29, 1.82) is 0 Å². The Balaban J connectivity index is 1.72. The number of hydrogen-bond acceptors (Lipinski definition) is 7. The number of hydrogen-bond donors (Lipinski definition) is 2. The maximum Gasteiger partial charge on any atom is 0.341 e. The van der Waals surface area contributed by atoms with E-state index in [0.717, 1.165) is 10.4 Å². The Morgan fingerprint density at radius 2 is 1.86 bits per heavy atom. The second-order valence-electron chi connectivity index (χ2n) is 10.8. The molecule has 11 heteroatoms. The average molecular weight is 551 g/mol. The van der Waals surface area contributed by atoms with Gasteiger partial charge in [0, 0.05) is 25.1 Å². The van der Waals surface area contributed by atoms with Gasteiger partial charge in [0.1, 0.15) is 10.5 Å². The van der Waals surface area contributed by atoms with Gasteiger partial charge in [0.25, 0.3) is 5.91 Å². The van der Waals surface area contributed by atoms with Crippen molar-refractivity contribution in [3.8, 4) is 0 Å². The number of nitrogens with one attached hydrogen (secondary N) is 1. The average Bonchev–Trinajstić information content (AvgIpc) is 3.17. The molecule has 0 unspecified atom stereocenters. The third-order valence-corrected chi connectivity index (χ3v) is 10.1. The van der Waals surface area contributed by atoms with E-state index in [1.807, 2.05) is 0 Å². The van der Waals surface area contributed by atoms with E-state index >= 15 is 0 Å². The molecule has 0 spiro atoms. The first kappa shape index (κ1) is 27.7. The molecule has 2 aliphatic rings. The first-order chi connectivity index (χ1) is 17.3. The fraction of sp³-hybridized carbons (Fsp3) is 0.538. The lowest BCUT2D eigenvalue weighted by molar-refractivity contribution is -0.789. The Kier molecular flexibility index (Phi) is 7.57. The predicted octanol–water partition coefficient (Wildman–Crippen LogP) is 2.64. The molecule has 2 aliphatic heterocycles. The summed E-state index contributed by atoms with van der Waals surface area (Å²) in [6.45, 7) is 13.4. The van der Waals surface area contributed by atoms with Gasteiger partial charge in [-0.1, -0.05) is 6.07 Å². The molecule has 3 heterocycles. The normalized spacial score (nSPS) is 19.2. The SMILES string of the molecule is CCOC(=O)c1c(NC(=O)c2cc(S(=O)(=O)N3CCOCC3)ccc2C)sc2c1CC(C)(C)[NH2+]C2(C)C. The van der Waals surface area contributed by atoms with Crippen LogP contribution < -0.4 is 10.6 Å². The van der Waals surface area contributed by atoms with E-state index in [-0.39, 0.29) is 41.2 Å². The molecule has 202 valence electrons. The van der Waals surface area contributed by atoms with Gasteiger partial charge in [0.2, 0.25) is 10.0 Å². The van der Waals surface area contributed by atoms with Crippen molar-refractivity contribution in [2.45, 2.75) is 63.9 Å². The highest BCUT2D eigenvalue weighted by Gasteiger charge is 2.45. The summed E-state index contributed by atoms with van der Waals surface area (Å²) in [5.41, 5.74) is 1.72. The molecule has 0 aliphatic carbocycles. The highest BCUT2D eigenvalue weighted by molar-refractivity contribution is 7.89. The molecule has 0 bridgehead atoms. The summed E-state index contributed by atoms with van der Waals surface area (Å²) in [4.78, 5) is 27.7. The van der Waals surface area contributed by atoms with E-state index < -0.39 is 21.9 Å². The maximum absolute atomic E-state index is 13.5. The van der Waals surface area contributed by atoms with Crippen molar-refractivity contribution in [1.82, 2.24) is 4.31 Å². The summed E-state index contributed by atoms with van der Waals surface area (Å²) in [5.74, 6) is -0.939. The lowest BCUT2D eigenvalue weighted by Gasteiger charge is -2.38. The number of esters is 1. The molecule has 1 aromatic carbocycles. The van der Waals surface area contributed by atoms with E-state index in [9.17, 15) is 18.0 Å². The fourth-order valence-corrected chi connectivity index (χ4v) is 8.03. The minimum absolute atomic E-state index is 0.0544. The maximum atomic E-state index is 13.5. The van der Waals surface area contributed by atoms with Gasteiger partial charge in [-0.25, -0.2) is 13.2 Å². The van der Waals surface area contributed by atoms with Crippen LogP contribution in [0.3, 0.4) is 0 Å². The lowest BCUT2D eigenvalue weighted by Crippen LogP contribution is -3.03. The number of ether oxygens (including phenoxy) is 2. The van der Waals surface area contributed by atoms with E-state index in [1.165, 1.54) is 27.8 Å². The predicted molar refractivity (Wildman–Crippen MR) is 142 cm³/mol. The van der Waals surface area contributed by atoms with Crippen LogP contribution in [0.2, 0.25) is 0 Å². The first-order valence-electron chi connectivity index (χ1n) is 12.5. The van der Waals surface area contributed by atoms with Crippen LogP contribution in [0.4, 0.5) is 5.00 Å². The summed E-state index contributed by atoms with van der Waals surface area (Å²) in [7, 11) is -3.77. The molecule has 4 rings (SSSR count). The Morgan fingerprint density at radius 3 is 2.51 bits per heavy atom. The van der Waals surface area contributed by atoms with Crippen molar-refractivity contribution in [3.05, 3.63) is 45.3 Å². The number of nitrogens with zero attached hydrogens (tertiary/aromatic N) is 1. The number of carbonyl (C=O) groups is 2. The molecule has 2 aromatic rings. The van der Waals surface area contributed by atoms with Crippen molar-refractivity contribution < 1.29 is 32.8 Å². The second kappa shape index (κ2) is 10.1. The number of sulfonamides is 1. The number of nitrogens with two attached hydrogens (primary N) is 1. The van der Waals surface area contributed by atoms with Crippen LogP contribution in [0.1, 0.15) is 71.3 Å². The number of benzene rings is 1. The van der Waals surface area contributed by atoms with Crippen LogP contribution >= 0.6 is 11.3 Å². The topological polar surface area (TPSA) is 119 Å². The van der Waals surface area contributed by atoms with Crippen LogP contribution in [0.5, 0.6) is 0 Å². The minimum Gasteiger partial charge on any atom is -0.462 e. The van der Waals surface area contributed by atoms with Crippen molar-refractivity contribution in [3.63, 3.8) is 0 Å². The Morgan fingerprint density at radius 1 is 1.19 bits per heavy atom. The number of quaternary nitrogens is 1. The summed E-state index contributed by atoms with van der Waals surface area (Å²) in [5, 5.41) is 5.63. The third-order valence-electron chi connectivity index (χ3n) is 6.74. The van der Waals surface area contributed by atoms with Crippen molar-refractivity contribution >= 4 is 38.2 Å². The highest BCUT2D eigenvalue weighted by atomic mass is 32.2. The summed E-state index contributed by atoms with van der Waals surface area (Å²) in [6, 6.07) is 4.56. The number of carbonyl (C=O) groups excluding carboxylic acids is 2. The number of morpholine rings is 1. The van der Waals surface area contributed by atoms with Gasteiger partial charge in [0.05, 0.1) is 40.7 Å². The van der Waals surface area contributed by atoms with Gasteiger partial charge in [-0.15, -0.1) is 11.3 Å². The molecular formula is C26H36N3O6S2+. The quantitative estimate of drug-likeness (QED) is 0.534.